The van der Waals surface area contributed by atoms with Crippen molar-refractivity contribution in [2.75, 3.05) is 11.1 Å². The van der Waals surface area contributed by atoms with Gasteiger partial charge in [-0.25, -0.2) is 0 Å². The fourth-order valence-corrected chi connectivity index (χ4v) is 2.55. The molecular weight excluding hydrogens is 190 g/mol. The van der Waals surface area contributed by atoms with Crippen LogP contribution in [0.5, 0.6) is 0 Å². The number of hydrogen-bond acceptors (Lipinski definition) is 2. The van der Waals surface area contributed by atoms with Crippen molar-refractivity contribution in [3.8, 4) is 0 Å². The predicted octanol–water partition coefficient (Wildman–Crippen LogP) is 3.25. The summed E-state index contributed by atoms with van der Waals surface area (Å²) in [6.07, 6.45) is 0. The van der Waals surface area contributed by atoms with E-state index in [1.807, 2.05) is 23.9 Å². The maximum atomic E-state index is 6.03. The van der Waals surface area contributed by atoms with Gasteiger partial charge in [-0.3, -0.25) is 0 Å². The van der Waals surface area contributed by atoms with E-state index in [9.17, 15) is 0 Å². The van der Waals surface area contributed by atoms with Crippen LogP contribution >= 0.6 is 23.4 Å². The van der Waals surface area contributed by atoms with E-state index in [2.05, 4.69) is 18.3 Å². The van der Waals surface area contributed by atoms with E-state index in [4.69, 9.17) is 11.6 Å². The Kier molecular flexibility index (Phi) is 2.20. The largest absolute Gasteiger partial charge is 0.380 e. The van der Waals surface area contributed by atoms with Crippen molar-refractivity contribution < 1.29 is 0 Å². The smallest absolute Gasteiger partial charge is 0.0670 e. The number of para-hydroxylation sites is 1. The molecule has 2 rings (SSSR count). The van der Waals surface area contributed by atoms with E-state index < -0.39 is 0 Å². The van der Waals surface area contributed by atoms with Crippen molar-refractivity contribution >= 4 is 29.1 Å². The summed E-state index contributed by atoms with van der Waals surface area (Å²) >= 11 is 7.90. The average molecular weight is 200 g/mol. The highest BCUT2D eigenvalue weighted by atomic mass is 35.5. The molecule has 3 heteroatoms. The van der Waals surface area contributed by atoms with E-state index >= 15 is 0 Å². The first-order chi connectivity index (χ1) is 5.77. The molecule has 0 amide bonds. The van der Waals surface area contributed by atoms with Gasteiger partial charge < -0.3 is 5.32 Å². The van der Waals surface area contributed by atoms with Gasteiger partial charge in [-0.1, -0.05) is 17.7 Å². The monoisotopic (exact) mass is 199 g/mol. The minimum absolute atomic E-state index is 0.516. The fraction of sp³-hybridized carbons (Fsp3) is 0.333. The Labute approximate surface area is 81.5 Å². The molecule has 1 heterocycles. The van der Waals surface area contributed by atoms with Gasteiger partial charge in [-0.05, 0) is 19.1 Å². The molecule has 1 aromatic rings. The number of benzene rings is 1. The molecule has 64 valence electrons. The molecule has 0 radical (unpaired) electrons. The first-order valence-electron chi connectivity index (χ1n) is 3.95. The zero-order valence-electron chi connectivity index (χ0n) is 6.80. The fourth-order valence-electron chi connectivity index (χ4n) is 1.27. The number of hydrogen-bond donors (Lipinski definition) is 1. The number of nitrogens with one attached hydrogen (secondary N) is 1. The standard InChI is InChI=1S/C9H10ClNS/c1-6-5-12-8-4-2-3-7(10)9(8)11-6/h2-4,6,11H,5H2,1H3. The SMILES string of the molecule is CC1CSc2cccc(Cl)c2N1. The Morgan fingerprint density at radius 2 is 2.42 bits per heavy atom. The van der Waals surface area contributed by atoms with Crippen molar-refractivity contribution in [3.63, 3.8) is 0 Å². The van der Waals surface area contributed by atoms with Crippen LogP contribution in [-0.2, 0) is 0 Å². The van der Waals surface area contributed by atoms with Gasteiger partial charge in [0.1, 0.15) is 0 Å². The summed E-state index contributed by atoms with van der Waals surface area (Å²) in [5.41, 5.74) is 1.10. The van der Waals surface area contributed by atoms with Crippen LogP contribution in [0.4, 0.5) is 5.69 Å². The third kappa shape index (κ3) is 1.41. The zero-order valence-corrected chi connectivity index (χ0v) is 8.38. The number of thioether (sulfide) groups is 1. The summed E-state index contributed by atoms with van der Waals surface area (Å²) in [5.74, 6) is 1.12. The number of fused-ring (bicyclic) bond motifs is 1. The van der Waals surface area contributed by atoms with Crippen molar-refractivity contribution in [2.45, 2.75) is 17.9 Å². The van der Waals surface area contributed by atoms with Crippen molar-refractivity contribution in [3.05, 3.63) is 23.2 Å². The van der Waals surface area contributed by atoms with Crippen LogP contribution in [-0.4, -0.2) is 11.8 Å². The lowest BCUT2D eigenvalue weighted by Gasteiger charge is -2.24. The van der Waals surface area contributed by atoms with Gasteiger partial charge in [0, 0.05) is 16.7 Å². The molecule has 0 aliphatic carbocycles. The summed E-state index contributed by atoms with van der Waals surface area (Å²) in [6.45, 7) is 2.17. The predicted molar refractivity (Wildman–Crippen MR) is 55.3 cm³/mol. The number of halogens is 1. The average Bonchev–Trinajstić information content (AvgIpc) is 2.07. The normalized spacial score (nSPS) is 21.3. The Hall–Kier alpha value is -0.340. The Balaban J connectivity index is 2.43. The minimum atomic E-state index is 0.516. The second-order valence-electron chi connectivity index (χ2n) is 2.97. The lowest BCUT2D eigenvalue weighted by atomic mass is 10.2. The Morgan fingerprint density at radius 3 is 3.25 bits per heavy atom. The third-order valence-electron chi connectivity index (χ3n) is 1.85. The van der Waals surface area contributed by atoms with Crippen LogP contribution in [0.15, 0.2) is 23.1 Å². The van der Waals surface area contributed by atoms with E-state index in [1.54, 1.807) is 0 Å². The van der Waals surface area contributed by atoms with Crippen molar-refractivity contribution in [1.29, 1.82) is 0 Å². The van der Waals surface area contributed by atoms with Crippen LogP contribution < -0.4 is 5.32 Å². The first kappa shape index (κ1) is 8.27. The molecule has 0 fully saturated rings. The lowest BCUT2D eigenvalue weighted by Crippen LogP contribution is -2.22. The molecule has 0 saturated heterocycles. The molecule has 1 aliphatic rings. The summed E-state index contributed by atoms with van der Waals surface area (Å²) in [6, 6.07) is 6.53. The first-order valence-corrected chi connectivity index (χ1v) is 5.31. The van der Waals surface area contributed by atoms with Gasteiger partial charge in [-0.2, -0.15) is 0 Å². The molecule has 1 unspecified atom stereocenters. The van der Waals surface area contributed by atoms with Gasteiger partial charge in [0.05, 0.1) is 10.7 Å². The van der Waals surface area contributed by atoms with Gasteiger partial charge in [-0.15, -0.1) is 11.8 Å². The summed E-state index contributed by atoms with van der Waals surface area (Å²) in [7, 11) is 0. The van der Waals surface area contributed by atoms with Gasteiger partial charge in [0.25, 0.3) is 0 Å². The second-order valence-corrected chi connectivity index (χ2v) is 4.44. The highest BCUT2D eigenvalue weighted by molar-refractivity contribution is 7.99. The Morgan fingerprint density at radius 1 is 1.58 bits per heavy atom. The number of anilines is 1. The highest BCUT2D eigenvalue weighted by Gasteiger charge is 2.15. The molecule has 0 saturated carbocycles. The maximum Gasteiger partial charge on any atom is 0.0670 e. The van der Waals surface area contributed by atoms with Crippen LogP contribution in [0.25, 0.3) is 0 Å². The van der Waals surface area contributed by atoms with Crippen molar-refractivity contribution in [2.24, 2.45) is 0 Å². The molecule has 0 bridgehead atoms. The quantitative estimate of drug-likeness (QED) is 0.689. The summed E-state index contributed by atoms with van der Waals surface area (Å²) in [4.78, 5) is 1.26. The molecule has 0 aromatic heterocycles. The minimum Gasteiger partial charge on any atom is -0.380 e. The third-order valence-corrected chi connectivity index (χ3v) is 3.49. The van der Waals surface area contributed by atoms with Crippen LogP contribution in [0.2, 0.25) is 5.02 Å². The zero-order chi connectivity index (χ0) is 8.55. The van der Waals surface area contributed by atoms with E-state index in [1.165, 1.54) is 4.90 Å². The van der Waals surface area contributed by atoms with Crippen LogP contribution in [0.3, 0.4) is 0 Å². The van der Waals surface area contributed by atoms with Crippen LogP contribution in [0.1, 0.15) is 6.92 Å². The molecule has 1 aliphatic heterocycles. The molecule has 1 N–H and O–H groups in total. The summed E-state index contributed by atoms with van der Waals surface area (Å²) in [5, 5.41) is 4.20. The van der Waals surface area contributed by atoms with Gasteiger partial charge in [0.15, 0.2) is 0 Å². The lowest BCUT2D eigenvalue weighted by molar-refractivity contribution is 0.895. The molecular formula is C9H10ClNS. The topological polar surface area (TPSA) is 12.0 Å². The van der Waals surface area contributed by atoms with E-state index in [0.29, 0.717) is 6.04 Å². The maximum absolute atomic E-state index is 6.03. The molecule has 1 nitrogen and oxygen atoms in total. The van der Waals surface area contributed by atoms with Crippen molar-refractivity contribution in [1.82, 2.24) is 0 Å². The molecule has 1 aromatic carbocycles. The molecule has 12 heavy (non-hydrogen) atoms. The summed E-state index contributed by atoms with van der Waals surface area (Å²) < 4.78 is 0. The van der Waals surface area contributed by atoms with Gasteiger partial charge in [0.2, 0.25) is 0 Å². The van der Waals surface area contributed by atoms with E-state index in [-0.39, 0.29) is 0 Å². The Bertz CT molecular complexity index is 301. The second kappa shape index (κ2) is 3.19. The molecule has 1 atom stereocenters. The van der Waals surface area contributed by atoms with Gasteiger partial charge >= 0.3 is 0 Å². The van der Waals surface area contributed by atoms with Crippen LogP contribution in [0, 0.1) is 0 Å². The highest BCUT2D eigenvalue weighted by Crippen LogP contribution is 2.37. The molecule has 0 spiro atoms. The van der Waals surface area contributed by atoms with E-state index in [0.717, 1.165) is 16.5 Å². The number of rotatable bonds is 0.